The molecule has 1 aliphatic heterocycles. The molecule has 0 fully saturated rings. The predicted octanol–water partition coefficient (Wildman–Crippen LogP) is 4.00. The average Bonchev–Trinajstić information content (AvgIpc) is 2.68. The van der Waals surface area contributed by atoms with Crippen LogP contribution in [0.4, 0.5) is 5.69 Å². The third-order valence-electron chi connectivity index (χ3n) is 4.87. The Morgan fingerprint density at radius 2 is 1.83 bits per heavy atom. The summed E-state index contributed by atoms with van der Waals surface area (Å²) in [5.74, 6) is -0.868. The maximum atomic E-state index is 12.8. The number of cyclic esters (lactones) is 1. The van der Waals surface area contributed by atoms with Crippen LogP contribution in [0.1, 0.15) is 53.5 Å². The van der Waals surface area contributed by atoms with E-state index in [1.165, 1.54) is 0 Å². The van der Waals surface area contributed by atoms with Gasteiger partial charge in [-0.15, -0.1) is 0 Å². The van der Waals surface area contributed by atoms with Gasteiger partial charge in [-0.2, -0.15) is 0 Å². The molecule has 0 radical (unpaired) electrons. The first kappa shape index (κ1) is 20.6. The highest BCUT2D eigenvalue weighted by molar-refractivity contribution is 6.02. The van der Waals surface area contributed by atoms with Crippen molar-refractivity contribution in [2.75, 3.05) is 11.9 Å². The van der Waals surface area contributed by atoms with Crippen molar-refractivity contribution in [3.63, 3.8) is 0 Å². The fourth-order valence-electron chi connectivity index (χ4n) is 3.08. The molecular formula is C23H25NO5. The fraction of sp³-hybridized carbons (Fsp3) is 0.348. The zero-order chi connectivity index (χ0) is 21.0. The highest BCUT2D eigenvalue weighted by Crippen LogP contribution is 2.29. The van der Waals surface area contributed by atoms with Crippen molar-refractivity contribution in [1.29, 1.82) is 0 Å². The van der Waals surface area contributed by atoms with Gasteiger partial charge in [-0.3, -0.25) is 4.79 Å². The molecule has 1 N–H and O–H groups in total. The smallest absolute Gasteiger partial charge is 0.339 e. The molecular weight excluding hydrogens is 370 g/mol. The maximum absolute atomic E-state index is 12.8. The van der Waals surface area contributed by atoms with Gasteiger partial charge in [0.15, 0.2) is 5.60 Å². The van der Waals surface area contributed by atoms with Gasteiger partial charge in [-0.05, 0) is 55.2 Å². The summed E-state index contributed by atoms with van der Waals surface area (Å²) in [5, 5.41) is 2.76. The molecule has 2 aromatic rings. The number of nitrogens with one attached hydrogen (secondary N) is 1. The molecule has 0 bridgehead atoms. The number of carbonyl (C=O) groups excluding carboxylic acids is 3. The van der Waals surface area contributed by atoms with Gasteiger partial charge in [0.05, 0.1) is 17.7 Å². The van der Waals surface area contributed by atoms with E-state index in [1.807, 2.05) is 12.1 Å². The zero-order valence-corrected chi connectivity index (χ0v) is 16.9. The van der Waals surface area contributed by atoms with Crippen LogP contribution >= 0.6 is 0 Å². The molecule has 2 aromatic carbocycles. The van der Waals surface area contributed by atoms with Crippen molar-refractivity contribution in [1.82, 2.24) is 0 Å². The van der Waals surface area contributed by atoms with Crippen molar-refractivity contribution in [2.24, 2.45) is 5.92 Å². The van der Waals surface area contributed by atoms with Gasteiger partial charge in [0.25, 0.3) is 5.91 Å². The van der Waals surface area contributed by atoms with Gasteiger partial charge in [0.2, 0.25) is 0 Å². The zero-order valence-electron chi connectivity index (χ0n) is 16.9. The van der Waals surface area contributed by atoms with E-state index in [0.717, 1.165) is 12.0 Å². The van der Waals surface area contributed by atoms with Gasteiger partial charge in [0, 0.05) is 12.1 Å². The number of hydrogen-bond acceptors (Lipinski definition) is 5. The lowest BCUT2D eigenvalue weighted by Crippen LogP contribution is -2.48. The Kier molecular flexibility index (Phi) is 6.01. The molecule has 152 valence electrons. The van der Waals surface area contributed by atoms with E-state index in [-0.39, 0.29) is 0 Å². The first-order valence-electron chi connectivity index (χ1n) is 9.68. The third kappa shape index (κ3) is 4.83. The van der Waals surface area contributed by atoms with Crippen LogP contribution in [0.5, 0.6) is 0 Å². The fourth-order valence-corrected chi connectivity index (χ4v) is 3.08. The van der Waals surface area contributed by atoms with E-state index in [2.05, 4.69) is 19.2 Å². The van der Waals surface area contributed by atoms with Crippen LogP contribution in [-0.4, -0.2) is 30.1 Å². The van der Waals surface area contributed by atoms with Crippen molar-refractivity contribution in [2.45, 2.75) is 39.2 Å². The minimum Gasteiger partial charge on any atom is -0.462 e. The van der Waals surface area contributed by atoms with Gasteiger partial charge in [-0.1, -0.05) is 32.0 Å². The largest absolute Gasteiger partial charge is 0.462 e. The lowest BCUT2D eigenvalue weighted by atomic mass is 9.89. The first-order chi connectivity index (χ1) is 13.8. The third-order valence-corrected chi connectivity index (χ3v) is 4.87. The molecule has 29 heavy (non-hydrogen) atoms. The molecule has 1 amide bonds. The van der Waals surface area contributed by atoms with E-state index in [4.69, 9.17) is 9.47 Å². The second kappa shape index (κ2) is 8.47. The molecule has 3 rings (SSSR count). The van der Waals surface area contributed by atoms with E-state index >= 15 is 0 Å². The van der Waals surface area contributed by atoms with Crippen molar-refractivity contribution >= 4 is 23.5 Å². The van der Waals surface area contributed by atoms with E-state index < -0.39 is 23.4 Å². The summed E-state index contributed by atoms with van der Waals surface area (Å²) < 4.78 is 10.7. The quantitative estimate of drug-likeness (QED) is 0.748. The summed E-state index contributed by atoms with van der Waals surface area (Å²) in [6, 6.07) is 13.5. The van der Waals surface area contributed by atoms with E-state index in [1.54, 1.807) is 43.3 Å². The Morgan fingerprint density at radius 3 is 2.52 bits per heavy atom. The van der Waals surface area contributed by atoms with Gasteiger partial charge >= 0.3 is 11.9 Å². The highest BCUT2D eigenvalue weighted by Gasteiger charge is 2.42. The number of carbonyl (C=O) groups is 3. The number of hydrogen-bond donors (Lipinski definition) is 1. The van der Waals surface area contributed by atoms with E-state index in [9.17, 15) is 14.4 Å². The molecule has 0 unspecified atom stereocenters. The molecule has 1 heterocycles. The Morgan fingerprint density at radius 1 is 1.14 bits per heavy atom. The number of fused-ring (bicyclic) bond motifs is 1. The first-order valence-corrected chi connectivity index (χ1v) is 9.68. The van der Waals surface area contributed by atoms with Crippen LogP contribution in [0.25, 0.3) is 0 Å². The summed E-state index contributed by atoms with van der Waals surface area (Å²) in [4.78, 5) is 37.1. The van der Waals surface area contributed by atoms with Crippen LogP contribution in [-0.2, 0) is 20.7 Å². The molecule has 0 spiro atoms. The topological polar surface area (TPSA) is 81.7 Å². The second-order valence-corrected chi connectivity index (χ2v) is 7.80. The molecule has 0 saturated heterocycles. The van der Waals surface area contributed by atoms with Crippen LogP contribution in [0.15, 0.2) is 48.5 Å². The number of ether oxygens (including phenoxy) is 2. The summed E-state index contributed by atoms with van der Waals surface area (Å²) in [6.45, 7) is 6.10. The van der Waals surface area contributed by atoms with Gasteiger partial charge < -0.3 is 14.8 Å². The average molecular weight is 395 g/mol. The molecule has 0 saturated carbocycles. The highest BCUT2D eigenvalue weighted by atomic mass is 16.6. The number of esters is 2. The minimum atomic E-state index is -1.31. The number of rotatable bonds is 6. The Balaban J connectivity index is 1.64. The van der Waals surface area contributed by atoms with Crippen LogP contribution in [0.3, 0.4) is 0 Å². The van der Waals surface area contributed by atoms with Crippen LogP contribution < -0.4 is 5.32 Å². The molecule has 6 nitrogen and oxygen atoms in total. The van der Waals surface area contributed by atoms with Crippen LogP contribution in [0.2, 0.25) is 0 Å². The summed E-state index contributed by atoms with van der Waals surface area (Å²) >= 11 is 0. The van der Waals surface area contributed by atoms with Crippen molar-refractivity contribution in [3.05, 3.63) is 65.2 Å². The minimum absolute atomic E-state index is 0.293. The number of anilines is 1. The Bertz CT molecular complexity index is 919. The van der Waals surface area contributed by atoms with Crippen molar-refractivity contribution < 1.29 is 23.9 Å². The van der Waals surface area contributed by atoms with Crippen molar-refractivity contribution in [3.8, 4) is 0 Å². The summed E-state index contributed by atoms with van der Waals surface area (Å²) in [6.07, 6.45) is 1.10. The molecule has 0 aliphatic carbocycles. The maximum Gasteiger partial charge on any atom is 0.339 e. The molecule has 1 aliphatic rings. The normalized spacial score (nSPS) is 18.0. The molecule has 6 heteroatoms. The van der Waals surface area contributed by atoms with Gasteiger partial charge in [-0.25, -0.2) is 9.59 Å². The second-order valence-electron chi connectivity index (χ2n) is 7.80. The molecule has 0 aromatic heterocycles. The SMILES string of the molecule is CC(C)CCOC(=O)c1ccc(NC(=O)[C@@]2(C)Cc3ccccc3C(=O)O2)cc1. The Labute approximate surface area is 170 Å². The summed E-state index contributed by atoms with van der Waals surface area (Å²) in [5.41, 5.74) is 0.875. The monoisotopic (exact) mass is 395 g/mol. The van der Waals surface area contributed by atoms with Gasteiger partial charge in [0.1, 0.15) is 0 Å². The lowest BCUT2D eigenvalue weighted by molar-refractivity contribution is -0.134. The lowest BCUT2D eigenvalue weighted by Gasteiger charge is -2.33. The standard InChI is InChI=1S/C23H25NO5/c1-15(2)12-13-28-20(25)16-8-10-18(11-9-16)24-22(27)23(3)14-17-6-4-5-7-19(17)21(26)29-23/h4-11,15H,12-14H2,1-3H3,(H,24,27)/t23-/m1/s1. The molecule has 1 atom stereocenters. The number of benzene rings is 2. The summed E-state index contributed by atoms with van der Waals surface area (Å²) in [7, 11) is 0. The predicted molar refractivity (Wildman–Crippen MR) is 109 cm³/mol. The van der Waals surface area contributed by atoms with Crippen LogP contribution in [0, 0.1) is 5.92 Å². The number of amides is 1. The Hall–Kier alpha value is -3.15. The van der Waals surface area contributed by atoms with E-state index in [0.29, 0.717) is 35.8 Å².